The molecule has 1 aliphatic heterocycles. The van der Waals surface area contributed by atoms with Crippen molar-refractivity contribution in [3.05, 3.63) is 63.2 Å². The predicted molar refractivity (Wildman–Crippen MR) is 95.7 cm³/mol. The summed E-state index contributed by atoms with van der Waals surface area (Å²) in [5.74, 6) is -0.624. The van der Waals surface area contributed by atoms with Gasteiger partial charge in [-0.2, -0.15) is 0 Å². The van der Waals surface area contributed by atoms with E-state index in [1.54, 1.807) is 29.2 Å². The summed E-state index contributed by atoms with van der Waals surface area (Å²) in [6, 6.07) is 10.6. The van der Waals surface area contributed by atoms with Crippen LogP contribution >= 0.6 is 11.6 Å². The summed E-state index contributed by atoms with van der Waals surface area (Å²) in [4.78, 5) is 36.0. The molecule has 0 saturated carbocycles. The lowest BCUT2D eigenvalue weighted by atomic mass is 10.1. The van der Waals surface area contributed by atoms with Crippen LogP contribution in [0.15, 0.2) is 42.5 Å². The molecule has 9 heteroatoms. The minimum Gasteiger partial charge on any atom is -0.370 e. The summed E-state index contributed by atoms with van der Waals surface area (Å²) in [6.07, 6.45) is 0. The second-order valence-corrected chi connectivity index (χ2v) is 5.93. The van der Waals surface area contributed by atoms with E-state index >= 15 is 0 Å². The number of carbonyl (C=O) groups excluding carboxylic acids is 2. The Morgan fingerprint density at radius 1 is 1.23 bits per heavy atom. The number of rotatable bonds is 4. The number of amides is 2. The van der Waals surface area contributed by atoms with Gasteiger partial charge in [-0.1, -0.05) is 11.6 Å². The Balaban J connectivity index is 1.73. The number of benzene rings is 2. The molecule has 1 saturated heterocycles. The van der Waals surface area contributed by atoms with E-state index in [0.717, 1.165) is 6.07 Å². The average Bonchev–Trinajstić information content (AvgIpc) is 2.63. The highest BCUT2D eigenvalue weighted by atomic mass is 35.5. The number of anilines is 2. The highest BCUT2D eigenvalue weighted by molar-refractivity contribution is 6.32. The van der Waals surface area contributed by atoms with Crippen LogP contribution in [-0.4, -0.2) is 36.5 Å². The van der Waals surface area contributed by atoms with Crippen molar-refractivity contribution in [1.29, 1.82) is 0 Å². The van der Waals surface area contributed by atoms with Gasteiger partial charge in [0, 0.05) is 29.5 Å². The van der Waals surface area contributed by atoms with Crippen molar-refractivity contribution < 1.29 is 19.2 Å². The Morgan fingerprint density at radius 3 is 2.62 bits per heavy atom. The summed E-state index contributed by atoms with van der Waals surface area (Å²) < 4.78 is 5.09. The largest absolute Gasteiger partial charge is 0.370 e. The number of nitro benzene ring substituents is 1. The van der Waals surface area contributed by atoms with E-state index in [2.05, 4.69) is 5.32 Å². The first kappa shape index (κ1) is 17.8. The van der Waals surface area contributed by atoms with Crippen LogP contribution in [0.3, 0.4) is 0 Å². The first-order valence-electron chi connectivity index (χ1n) is 7.69. The number of ether oxygens (including phenoxy) is 1. The van der Waals surface area contributed by atoms with Gasteiger partial charge in [-0.05, 0) is 36.4 Å². The first-order valence-corrected chi connectivity index (χ1v) is 8.07. The van der Waals surface area contributed by atoms with Crippen molar-refractivity contribution >= 4 is 40.5 Å². The smallest absolute Gasteiger partial charge is 0.288 e. The maximum atomic E-state index is 12.3. The molecule has 0 aromatic heterocycles. The normalized spacial score (nSPS) is 14.2. The fraction of sp³-hybridized carbons (Fsp3) is 0.176. The van der Waals surface area contributed by atoms with Crippen LogP contribution in [0, 0.1) is 10.1 Å². The molecule has 0 unspecified atom stereocenters. The summed E-state index contributed by atoms with van der Waals surface area (Å²) in [6.45, 7) is 0.992. The molecule has 3 rings (SSSR count). The van der Waals surface area contributed by atoms with Crippen LogP contribution in [0.25, 0.3) is 0 Å². The van der Waals surface area contributed by atoms with Gasteiger partial charge in [-0.3, -0.25) is 19.7 Å². The standard InChI is InChI=1S/C17H14ClN3O5/c18-14-6-1-11(9-15(14)21(24)25)17(23)19-12-2-4-13(5-3-12)20-7-8-26-10-16(20)22/h1-6,9H,7-8,10H2,(H,19,23). The van der Waals surface area contributed by atoms with E-state index in [4.69, 9.17) is 16.3 Å². The minimum atomic E-state index is -0.646. The number of nitro groups is 1. The van der Waals surface area contributed by atoms with Gasteiger partial charge >= 0.3 is 0 Å². The summed E-state index contributed by atoms with van der Waals surface area (Å²) in [7, 11) is 0. The van der Waals surface area contributed by atoms with Gasteiger partial charge in [0.15, 0.2) is 0 Å². The van der Waals surface area contributed by atoms with Crippen LogP contribution in [0.4, 0.5) is 17.1 Å². The Bertz CT molecular complexity index is 869. The molecule has 26 heavy (non-hydrogen) atoms. The lowest BCUT2D eigenvalue weighted by molar-refractivity contribution is -0.384. The fourth-order valence-corrected chi connectivity index (χ4v) is 2.70. The Hall–Kier alpha value is -2.97. The van der Waals surface area contributed by atoms with Crippen LogP contribution in [0.1, 0.15) is 10.4 Å². The topological polar surface area (TPSA) is 102 Å². The van der Waals surface area contributed by atoms with Gasteiger partial charge in [-0.25, -0.2) is 0 Å². The Morgan fingerprint density at radius 2 is 1.96 bits per heavy atom. The third kappa shape index (κ3) is 3.81. The zero-order chi connectivity index (χ0) is 18.7. The van der Waals surface area contributed by atoms with Gasteiger partial charge in [0.2, 0.25) is 0 Å². The van der Waals surface area contributed by atoms with E-state index in [1.807, 2.05) is 0 Å². The van der Waals surface area contributed by atoms with Gasteiger partial charge < -0.3 is 15.0 Å². The lowest BCUT2D eigenvalue weighted by Gasteiger charge is -2.26. The molecule has 1 heterocycles. The van der Waals surface area contributed by atoms with E-state index < -0.39 is 10.8 Å². The third-order valence-electron chi connectivity index (χ3n) is 3.83. The Labute approximate surface area is 153 Å². The molecule has 1 N–H and O–H groups in total. The van der Waals surface area contributed by atoms with E-state index in [-0.39, 0.29) is 28.8 Å². The number of hydrogen-bond acceptors (Lipinski definition) is 5. The molecule has 0 spiro atoms. The van der Waals surface area contributed by atoms with Crippen LogP contribution in [-0.2, 0) is 9.53 Å². The zero-order valence-corrected chi connectivity index (χ0v) is 14.2. The van der Waals surface area contributed by atoms with Crippen LogP contribution in [0.2, 0.25) is 5.02 Å². The van der Waals surface area contributed by atoms with Gasteiger partial charge in [-0.15, -0.1) is 0 Å². The second kappa shape index (κ2) is 7.51. The van der Waals surface area contributed by atoms with Crippen LogP contribution < -0.4 is 10.2 Å². The summed E-state index contributed by atoms with van der Waals surface area (Å²) >= 11 is 5.74. The molecule has 2 amide bonds. The monoisotopic (exact) mass is 375 g/mol. The fourth-order valence-electron chi connectivity index (χ4n) is 2.51. The van der Waals surface area contributed by atoms with Crippen molar-refractivity contribution in [3.63, 3.8) is 0 Å². The van der Waals surface area contributed by atoms with Crippen molar-refractivity contribution in [2.45, 2.75) is 0 Å². The molecule has 0 aliphatic carbocycles. The number of carbonyl (C=O) groups is 2. The average molecular weight is 376 g/mol. The van der Waals surface area contributed by atoms with E-state index in [1.165, 1.54) is 12.1 Å². The molecule has 134 valence electrons. The number of nitrogens with one attached hydrogen (secondary N) is 1. The zero-order valence-electron chi connectivity index (χ0n) is 13.5. The quantitative estimate of drug-likeness (QED) is 0.654. The van der Waals surface area contributed by atoms with Gasteiger partial charge in [0.05, 0.1) is 11.5 Å². The molecular weight excluding hydrogens is 362 g/mol. The molecule has 1 aliphatic rings. The third-order valence-corrected chi connectivity index (χ3v) is 4.15. The number of nitrogens with zero attached hydrogens (tertiary/aromatic N) is 2. The van der Waals surface area contributed by atoms with E-state index in [9.17, 15) is 19.7 Å². The molecule has 0 atom stereocenters. The maximum absolute atomic E-state index is 12.3. The van der Waals surface area contributed by atoms with Crippen molar-refractivity contribution in [2.75, 3.05) is 30.0 Å². The van der Waals surface area contributed by atoms with Gasteiger partial charge in [0.1, 0.15) is 11.6 Å². The molecule has 8 nitrogen and oxygen atoms in total. The highest BCUT2D eigenvalue weighted by Gasteiger charge is 2.20. The van der Waals surface area contributed by atoms with Crippen molar-refractivity contribution in [1.82, 2.24) is 0 Å². The van der Waals surface area contributed by atoms with Crippen LogP contribution in [0.5, 0.6) is 0 Å². The lowest BCUT2D eigenvalue weighted by Crippen LogP contribution is -2.41. The van der Waals surface area contributed by atoms with Gasteiger partial charge in [0.25, 0.3) is 17.5 Å². The number of hydrogen-bond donors (Lipinski definition) is 1. The Kier molecular flexibility index (Phi) is 5.15. The summed E-state index contributed by atoms with van der Waals surface area (Å²) in [5, 5.41) is 13.5. The van der Waals surface area contributed by atoms with Crippen molar-refractivity contribution in [2.24, 2.45) is 0 Å². The molecule has 1 fully saturated rings. The second-order valence-electron chi connectivity index (χ2n) is 5.52. The highest BCUT2D eigenvalue weighted by Crippen LogP contribution is 2.26. The molecule has 2 aromatic carbocycles. The van der Waals surface area contributed by atoms with E-state index in [0.29, 0.717) is 24.5 Å². The predicted octanol–water partition coefficient (Wildman–Crippen LogP) is 2.86. The first-order chi connectivity index (χ1) is 12.5. The minimum absolute atomic E-state index is 0.0360. The molecule has 0 bridgehead atoms. The molecular formula is C17H14ClN3O5. The summed E-state index contributed by atoms with van der Waals surface area (Å²) in [5.41, 5.74) is 0.990. The number of halogens is 1. The maximum Gasteiger partial charge on any atom is 0.288 e. The number of morpholine rings is 1. The molecule has 0 radical (unpaired) electrons. The molecule has 2 aromatic rings. The SMILES string of the molecule is O=C(Nc1ccc(N2CCOCC2=O)cc1)c1ccc(Cl)c([N+](=O)[O-])c1. The van der Waals surface area contributed by atoms with Crippen molar-refractivity contribution in [3.8, 4) is 0 Å².